The van der Waals surface area contributed by atoms with E-state index in [-0.39, 0.29) is 16.7 Å². The number of rotatable bonds is 9. The van der Waals surface area contributed by atoms with E-state index >= 15 is 0 Å². The van der Waals surface area contributed by atoms with Crippen molar-refractivity contribution >= 4 is 38.9 Å². The summed E-state index contributed by atoms with van der Waals surface area (Å²) in [7, 11) is -3.96. The van der Waals surface area contributed by atoms with Crippen LogP contribution in [0.5, 0.6) is 0 Å². The van der Waals surface area contributed by atoms with E-state index < -0.39 is 22.0 Å². The fraction of sp³-hybridized carbons (Fsp3) is 0.462. The number of nitrogens with one attached hydrogen (secondary N) is 2. The molecule has 3 rings (SSSR count). The molecule has 0 aliphatic carbocycles. The van der Waals surface area contributed by atoms with Gasteiger partial charge in [0.15, 0.2) is 0 Å². The molecule has 0 unspecified atom stereocenters. The van der Waals surface area contributed by atoms with Crippen molar-refractivity contribution in [3.05, 3.63) is 47.5 Å². The van der Waals surface area contributed by atoms with Gasteiger partial charge in [0.1, 0.15) is 6.04 Å². The Kier molecular flexibility index (Phi) is 8.22. The number of hydrogen-bond acceptors (Lipinski definition) is 5. The highest BCUT2D eigenvalue weighted by atomic mass is 32.2. The number of benzene rings is 2. The molecule has 1 aliphatic rings. The van der Waals surface area contributed by atoms with E-state index in [4.69, 9.17) is 0 Å². The van der Waals surface area contributed by atoms with Crippen LogP contribution in [0.4, 0.5) is 17.1 Å². The Balaban J connectivity index is 1.79. The molecule has 9 heteroatoms. The summed E-state index contributed by atoms with van der Waals surface area (Å²) in [5.41, 5.74) is 4.17. The van der Waals surface area contributed by atoms with Crippen LogP contribution < -0.4 is 19.8 Å². The van der Waals surface area contributed by atoms with Crippen molar-refractivity contribution in [2.24, 2.45) is 5.92 Å². The zero-order chi connectivity index (χ0) is 25.9. The van der Waals surface area contributed by atoms with E-state index in [9.17, 15) is 18.0 Å². The molecule has 0 radical (unpaired) electrons. The lowest BCUT2D eigenvalue weighted by Gasteiger charge is -2.24. The molecule has 2 aromatic rings. The number of sulfonamides is 1. The number of fused-ring (bicyclic) bond motifs is 1. The van der Waals surface area contributed by atoms with E-state index in [1.165, 1.54) is 13.0 Å². The molecule has 0 spiro atoms. The molecule has 1 aliphatic heterocycles. The van der Waals surface area contributed by atoms with Gasteiger partial charge in [0.2, 0.25) is 21.8 Å². The third-order valence-electron chi connectivity index (χ3n) is 6.46. The number of amides is 2. The fourth-order valence-electron chi connectivity index (χ4n) is 4.38. The summed E-state index contributed by atoms with van der Waals surface area (Å²) < 4.78 is 29.0. The number of anilines is 3. The molecular formula is C26H36N4O4S. The van der Waals surface area contributed by atoms with Crippen LogP contribution >= 0.6 is 0 Å². The molecule has 0 aromatic heterocycles. The molecule has 2 N–H and O–H groups in total. The lowest BCUT2D eigenvalue weighted by molar-refractivity contribution is -0.118. The topological polar surface area (TPSA) is 98.8 Å². The summed E-state index contributed by atoms with van der Waals surface area (Å²) in [6, 6.07) is 9.60. The van der Waals surface area contributed by atoms with Gasteiger partial charge in [0.25, 0.3) is 0 Å². The fourth-order valence-corrected chi connectivity index (χ4v) is 5.78. The normalized spacial score (nSPS) is 14.1. The van der Waals surface area contributed by atoms with E-state index in [0.29, 0.717) is 18.7 Å². The van der Waals surface area contributed by atoms with E-state index in [1.807, 2.05) is 25.1 Å². The van der Waals surface area contributed by atoms with Gasteiger partial charge in [-0.1, -0.05) is 13.8 Å². The first-order chi connectivity index (χ1) is 16.5. The Morgan fingerprint density at radius 2 is 1.77 bits per heavy atom. The van der Waals surface area contributed by atoms with Crippen LogP contribution in [0.1, 0.15) is 45.7 Å². The van der Waals surface area contributed by atoms with E-state index in [0.717, 1.165) is 35.6 Å². The van der Waals surface area contributed by atoms with Crippen molar-refractivity contribution in [2.75, 3.05) is 34.8 Å². The number of nitrogens with zero attached hydrogens (tertiary/aromatic N) is 2. The maximum atomic E-state index is 13.2. The van der Waals surface area contributed by atoms with Crippen LogP contribution in [0.15, 0.2) is 41.3 Å². The van der Waals surface area contributed by atoms with Gasteiger partial charge >= 0.3 is 0 Å². The highest BCUT2D eigenvalue weighted by Crippen LogP contribution is 2.30. The van der Waals surface area contributed by atoms with Crippen LogP contribution in [-0.4, -0.2) is 45.9 Å². The molecule has 35 heavy (non-hydrogen) atoms. The van der Waals surface area contributed by atoms with Crippen molar-refractivity contribution in [3.63, 3.8) is 0 Å². The first kappa shape index (κ1) is 26.7. The monoisotopic (exact) mass is 500 g/mol. The second kappa shape index (κ2) is 10.8. The van der Waals surface area contributed by atoms with Crippen LogP contribution in [0, 0.1) is 12.8 Å². The quantitative estimate of drug-likeness (QED) is 0.547. The zero-order valence-electron chi connectivity index (χ0n) is 21.4. The molecule has 0 fully saturated rings. The minimum Gasteiger partial charge on any atom is -0.372 e. The summed E-state index contributed by atoms with van der Waals surface area (Å²) in [5.74, 6) is -0.761. The largest absolute Gasteiger partial charge is 0.372 e. The summed E-state index contributed by atoms with van der Waals surface area (Å²) >= 11 is 0. The third-order valence-corrected chi connectivity index (χ3v) is 7.90. The van der Waals surface area contributed by atoms with Gasteiger partial charge in [0, 0.05) is 43.6 Å². The van der Waals surface area contributed by atoms with Crippen LogP contribution in [0.25, 0.3) is 0 Å². The van der Waals surface area contributed by atoms with Crippen LogP contribution in [0.2, 0.25) is 0 Å². The van der Waals surface area contributed by atoms with Gasteiger partial charge in [-0.2, -0.15) is 4.72 Å². The Bertz CT molecular complexity index is 1210. The predicted molar refractivity (Wildman–Crippen MR) is 140 cm³/mol. The Labute approximate surface area is 208 Å². The van der Waals surface area contributed by atoms with Crippen molar-refractivity contribution in [2.45, 2.75) is 58.9 Å². The second-order valence-corrected chi connectivity index (χ2v) is 10.9. The maximum Gasteiger partial charge on any atom is 0.242 e. The lowest BCUT2D eigenvalue weighted by atomic mass is 10.0. The molecule has 2 aromatic carbocycles. The minimum absolute atomic E-state index is 0.0746. The van der Waals surface area contributed by atoms with Crippen LogP contribution in [0.3, 0.4) is 0 Å². The third kappa shape index (κ3) is 5.85. The van der Waals surface area contributed by atoms with Gasteiger partial charge in [-0.05, 0) is 80.6 Å². The standard InChI is InChI=1S/C26H36N4O4S/c1-7-29(8-2)21-9-11-23(18(5)15-21)27-26(32)25(17(3)4)28-35(33,34)22-10-12-24-20(16-22)13-14-30(24)19(6)31/h9-12,15-17,25,28H,7-8,13-14H2,1-6H3,(H,27,32)/t25-/m0/s1. The SMILES string of the molecule is CCN(CC)c1ccc(NC(=O)[C@@H](NS(=O)(=O)c2ccc3c(c2)CCN3C(C)=O)C(C)C)c(C)c1. The van der Waals surface area contributed by atoms with Gasteiger partial charge < -0.3 is 15.1 Å². The van der Waals surface area contributed by atoms with Crippen molar-refractivity contribution < 1.29 is 18.0 Å². The average molecular weight is 501 g/mol. The molecular weight excluding hydrogens is 464 g/mol. The lowest BCUT2D eigenvalue weighted by Crippen LogP contribution is -2.47. The van der Waals surface area contributed by atoms with Crippen molar-refractivity contribution in [3.8, 4) is 0 Å². The molecule has 1 heterocycles. The summed E-state index contributed by atoms with van der Waals surface area (Å²) in [4.78, 5) is 28.9. The number of carbonyl (C=O) groups is 2. The molecule has 0 bridgehead atoms. The van der Waals surface area contributed by atoms with E-state index in [2.05, 4.69) is 28.8 Å². The molecule has 0 saturated heterocycles. The van der Waals surface area contributed by atoms with Gasteiger partial charge in [-0.15, -0.1) is 0 Å². The molecule has 1 atom stereocenters. The van der Waals surface area contributed by atoms with Crippen LogP contribution in [-0.2, 0) is 26.0 Å². The molecule has 0 saturated carbocycles. The molecule has 2 amide bonds. The highest BCUT2D eigenvalue weighted by molar-refractivity contribution is 7.89. The highest BCUT2D eigenvalue weighted by Gasteiger charge is 2.30. The van der Waals surface area contributed by atoms with Crippen molar-refractivity contribution in [1.82, 2.24) is 4.72 Å². The average Bonchev–Trinajstić information content (AvgIpc) is 3.23. The summed E-state index contributed by atoms with van der Waals surface area (Å²) in [6.07, 6.45) is 0.592. The number of aryl methyl sites for hydroxylation is 1. The Morgan fingerprint density at radius 3 is 2.34 bits per heavy atom. The number of hydrogen-bond donors (Lipinski definition) is 2. The van der Waals surface area contributed by atoms with E-state index in [1.54, 1.807) is 30.9 Å². The minimum atomic E-state index is -3.96. The predicted octanol–water partition coefficient (Wildman–Crippen LogP) is 3.69. The maximum absolute atomic E-state index is 13.2. The molecule has 190 valence electrons. The smallest absolute Gasteiger partial charge is 0.242 e. The summed E-state index contributed by atoms with van der Waals surface area (Å²) in [5, 5.41) is 2.90. The molecule has 8 nitrogen and oxygen atoms in total. The zero-order valence-corrected chi connectivity index (χ0v) is 22.2. The first-order valence-corrected chi connectivity index (χ1v) is 13.6. The van der Waals surface area contributed by atoms with Gasteiger partial charge in [0.05, 0.1) is 4.90 Å². The van der Waals surface area contributed by atoms with Crippen molar-refractivity contribution in [1.29, 1.82) is 0 Å². The second-order valence-electron chi connectivity index (χ2n) is 9.21. The number of carbonyl (C=O) groups excluding carboxylic acids is 2. The summed E-state index contributed by atoms with van der Waals surface area (Å²) in [6.45, 7) is 13.5. The van der Waals surface area contributed by atoms with Gasteiger partial charge in [-0.3, -0.25) is 9.59 Å². The Hall–Kier alpha value is -2.91. The van der Waals surface area contributed by atoms with Gasteiger partial charge in [-0.25, -0.2) is 8.42 Å². The first-order valence-electron chi connectivity index (χ1n) is 12.1. The Morgan fingerprint density at radius 1 is 1.09 bits per heavy atom.